The predicted molar refractivity (Wildman–Crippen MR) is 109 cm³/mol. The number of aromatic hydroxyl groups is 1. The van der Waals surface area contributed by atoms with E-state index in [0.29, 0.717) is 5.75 Å². The molecule has 0 bridgehead atoms. The molecule has 5 nitrogen and oxygen atoms in total. The van der Waals surface area contributed by atoms with Gasteiger partial charge < -0.3 is 14.7 Å². The van der Waals surface area contributed by atoms with Crippen LogP contribution in [0.3, 0.4) is 0 Å². The van der Waals surface area contributed by atoms with E-state index in [0.717, 1.165) is 37.1 Å². The van der Waals surface area contributed by atoms with E-state index in [9.17, 15) is 14.7 Å². The largest absolute Gasteiger partial charge is 0.508 e. The molecule has 0 radical (unpaired) electrons. The molecule has 0 atom stereocenters. The summed E-state index contributed by atoms with van der Waals surface area (Å²) in [5.41, 5.74) is 1.65. The smallest absolute Gasteiger partial charge is 0.336 e. The number of nitrogens with zero attached hydrogens (tertiary/aromatic N) is 1. The summed E-state index contributed by atoms with van der Waals surface area (Å²) in [4.78, 5) is 25.9. The highest BCUT2D eigenvalue weighted by Gasteiger charge is 2.13. The number of benzene rings is 2. The topological polar surface area (TPSA) is 66.8 Å². The third kappa shape index (κ3) is 5.84. The summed E-state index contributed by atoms with van der Waals surface area (Å²) in [7, 11) is 0. The van der Waals surface area contributed by atoms with Crippen LogP contribution in [0.2, 0.25) is 0 Å². The molecule has 1 N–H and O–H groups in total. The molecule has 144 valence electrons. The van der Waals surface area contributed by atoms with Crippen molar-refractivity contribution in [2.24, 2.45) is 0 Å². The van der Waals surface area contributed by atoms with Gasteiger partial charge in [-0.3, -0.25) is 4.79 Å². The highest BCUT2D eigenvalue weighted by molar-refractivity contribution is 5.92. The van der Waals surface area contributed by atoms with E-state index in [1.165, 1.54) is 12.5 Å². The van der Waals surface area contributed by atoms with Crippen molar-refractivity contribution < 1.29 is 19.4 Å². The number of rotatable bonds is 5. The van der Waals surface area contributed by atoms with Crippen LogP contribution in [0.1, 0.15) is 30.4 Å². The summed E-state index contributed by atoms with van der Waals surface area (Å²) >= 11 is 0. The third-order valence-corrected chi connectivity index (χ3v) is 4.49. The third-order valence-electron chi connectivity index (χ3n) is 4.49. The van der Waals surface area contributed by atoms with Crippen molar-refractivity contribution in [1.82, 2.24) is 4.90 Å². The van der Waals surface area contributed by atoms with Crippen molar-refractivity contribution in [3.05, 3.63) is 71.8 Å². The number of phenolic OH excluding ortho intramolecular Hbond substituents is 1. The molecule has 2 aromatic rings. The van der Waals surface area contributed by atoms with Crippen LogP contribution in [0.5, 0.6) is 11.5 Å². The molecule has 0 spiro atoms. The van der Waals surface area contributed by atoms with Crippen molar-refractivity contribution in [3.8, 4) is 11.5 Å². The Balaban J connectivity index is 1.52. The molecule has 0 saturated carbocycles. The number of hydrogen-bond acceptors (Lipinski definition) is 4. The first kappa shape index (κ1) is 19.4. The molecule has 3 rings (SSSR count). The summed E-state index contributed by atoms with van der Waals surface area (Å²) < 4.78 is 5.26. The van der Waals surface area contributed by atoms with Crippen LogP contribution < -0.4 is 4.74 Å². The summed E-state index contributed by atoms with van der Waals surface area (Å²) in [5.74, 6) is 0.151. The lowest BCUT2D eigenvalue weighted by atomic mass is 10.1. The van der Waals surface area contributed by atoms with Crippen LogP contribution in [-0.4, -0.2) is 35.0 Å². The highest BCUT2D eigenvalue weighted by atomic mass is 16.5. The molecule has 0 aromatic heterocycles. The van der Waals surface area contributed by atoms with Crippen LogP contribution in [0.4, 0.5) is 0 Å². The Bertz CT molecular complexity index is 860. The van der Waals surface area contributed by atoms with E-state index in [2.05, 4.69) is 0 Å². The molecule has 2 aromatic carbocycles. The van der Waals surface area contributed by atoms with Crippen molar-refractivity contribution >= 4 is 24.0 Å². The van der Waals surface area contributed by atoms with Crippen molar-refractivity contribution in [2.75, 3.05) is 13.1 Å². The zero-order valence-electron chi connectivity index (χ0n) is 15.6. The first-order valence-electron chi connectivity index (χ1n) is 9.36. The molecule has 1 aliphatic heterocycles. The van der Waals surface area contributed by atoms with Gasteiger partial charge in [0.25, 0.3) is 0 Å². The van der Waals surface area contributed by atoms with Crippen LogP contribution in [0.15, 0.2) is 60.7 Å². The van der Waals surface area contributed by atoms with E-state index < -0.39 is 5.97 Å². The second-order valence-corrected chi connectivity index (χ2v) is 6.63. The highest BCUT2D eigenvalue weighted by Crippen LogP contribution is 2.15. The minimum atomic E-state index is -0.489. The van der Waals surface area contributed by atoms with Gasteiger partial charge in [0.2, 0.25) is 5.91 Å². The van der Waals surface area contributed by atoms with Crippen molar-refractivity contribution in [1.29, 1.82) is 0 Å². The zero-order chi connectivity index (χ0) is 19.8. The molecule has 28 heavy (non-hydrogen) atoms. The fourth-order valence-electron chi connectivity index (χ4n) is 2.93. The zero-order valence-corrected chi connectivity index (χ0v) is 15.6. The van der Waals surface area contributed by atoms with Crippen LogP contribution in [-0.2, 0) is 9.59 Å². The summed E-state index contributed by atoms with van der Waals surface area (Å²) in [5, 5.41) is 9.24. The Morgan fingerprint density at radius 3 is 2.04 bits per heavy atom. The number of phenols is 1. The van der Waals surface area contributed by atoms with Gasteiger partial charge in [0.1, 0.15) is 11.5 Å². The van der Waals surface area contributed by atoms with Gasteiger partial charge in [-0.15, -0.1) is 0 Å². The fraction of sp³-hybridized carbons (Fsp3) is 0.217. The molecule has 1 heterocycles. The summed E-state index contributed by atoms with van der Waals surface area (Å²) in [6.07, 6.45) is 9.64. The number of hydrogen-bond donors (Lipinski definition) is 1. The molecule has 0 unspecified atom stereocenters. The minimum absolute atomic E-state index is 0.0366. The van der Waals surface area contributed by atoms with E-state index in [1.807, 2.05) is 4.90 Å². The Morgan fingerprint density at radius 1 is 0.821 bits per heavy atom. The van der Waals surface area contributed by atoms with Gasteiger partial charge in [0.05, 0.1) is 0 Å². The molecule has 1 amide bonds. The second-order valence-electron chi connectivity index (χ2n) is 6.63. The molecule has 0 aliphatic carbocycles. The predicted octanol–water partition coefficient (Wildman–Crippen LogP) is 4.04. The van der Waals surface area contributed by atoms with Crippen molar-refractivity contribution in [2.45, 2.75) is 19.3 Å². The normalized spacial score (nSPS) is 14.5. The maximum Gasteiger partial charge on any atom is 0.336 e. The van der Waals surface area contributed by atoms with Gasteiger partial charge in [-0.05, 0) is 66.8 Å². The van der Waals surface area contributed by atoms with Gasteiger partial charge in [-0.2, -0.15) is 0 Å². The quantitative estimate of drug-likeness (QED) is 0.485. The summed E-state index contributed by atoms with van der Waals surface area (Å²) in [6, 6.07) is 13.5. The lowest BCUT2D eigenvalue weighted by molar-refractivity contribution is -0.129. The number of ether oxygens (including phenoxy) is 1. The van der Waals surface area contributed by atoms with E-state index in [4.69, 9.17) is 4.74 Å². The van der Waals surface area contributed by atoms with Crippen molar-refractivity contribution in [3.63, 3.8) is 0 Å². The number of piperidine rings is 1. The van der Waals surface area contributed by atoms with Crippen LogP contribution in [0.25, 0.3) is 12.2 Å². The van der Waals surface area contributed by atoms with E-state index in [1.54, 1.807) is 66.8 Å². The first-order valence-corrected chi connectivity index (χ1v) is 9.36. The van der Waals surface area contributed by atoms with Gasteiger partial charge in [0.15, 0.2) is 0 Å². The first-order chi connectivity index (χ1) is 13.6. The fourth-order valence-corrected chi connectivity index (χ4v) is 2.93. The van der Waals surface area contributed by atoms with Crippen LogP contribution in [0, 0.1) is 0 Å². The maximum absolute atomic E-state index is 12.1. The molecular weight excluding hydrogens is 354 g/mol. The number of amides is 1. The molecular formula is C23H23NO4. The Morgan fingerprint density at radius 2 is 1.39 bits per heavy atom. The average molecular weight is 377 g/mol. The van der Waals surface area contributed by atoms with Crippen LogP contribution >= 0.6 is 0 Å². The monoisotopic (exact) mass is 377 g/mol. The Hall–Kier alpha value is -3.34. The van der Waals surface area contributed by atoms with Gasteiger partial charge in [0, 0.05) is 25.2 Å². The van der Waals surface area contributed by atoms with Gasteiger partial charge in [-0.1, -0.05) is 24.3 Å². The number of carbonyl (C=O) groups excluding carboxylic acids is 2. The number of esters is 1. The Kier molecular flexibility index (Phi) is 6.63. The second kappa shape index (κ2) is 9.55. The number of likely N-dealkylation sites (tertiary alicyclic amines) is 1. The summed E-state index contributed by atoms with van der Waals surface area (Å²) in [6.45, 7) is 1.66. The lowest BCUT2D eigenvalue weighted by Gasteiger charge is -2.25. The molecule has 1 aliphatic rings. The maximum atomic E-state index is 12.1. The lowest BCUT2D eigenvalue weighted by Crippen LogP contribution is -2.34. The Labute approximate surface area is 164 Å². The minimum Gasteiger partial charge on any atom is -0.508 e. The van der Waals surface area contributed by atoms with E-state index in [-0.39, 0.29) is 11.7 Å². The average Bonchev–Trinajstić information content (AvgIpc) is 2.73. The number of carbonyl (C=O) groups is 2. The standard InChI is InChI=1S/C23H23NO4/c25-20-10-4-18(5-11-20)9-15-23(27)28-21-12-6-19(7-13-21)8-14-22(26)24-16-2-1-3-17-24/h4-15,25H,1-3,16-17H2/b14-8+,15-9+. The van der Waals surface area contributed by atoms with Gasteiger partial charge in [-0.25, -0.2) is 4.79 Å². The molecule has 5 heteroatoms. The SMILES string of the molecule is O=C(/C=C/c1ccc(O)cc1)Oc1ccc(/C=C/C(=O)N2CCCCC2)cc1. The van der Waals surface area contributed by atoms with Gasteiger partial charge >= 0.3 is 5.97 Å². The molecule has 1 saturated heterocycles. The molecule has 1 fully saturated rings. The van der Waals surface area contributed by atoms with E-state index >= 15 is 0 Å².